The number of nitrogens with one attached hydrogen (secondary N) is 1. The van der Waals surface area contributed by atoms with Crippen molar-refractivity contribution in [2.24, 2.45) is 0 Å². The zero-order valence-corrected chi connectivity index (χ0v) is 12.7. The maximum absolute atomic E-state index is 12.0. The van der Waals surface area contributed by atoms with Crippen LogP contribution in [-0.2, 0) is 30.7 Å². The summed E-state index contributed by atoms with van der Waals surface area (Å²) in [5.41, 5.74) is 1.08. The van der Waals surface area contributed by atoms with Crippen LogP contribution in [0.1, 0.15) is 42.9 Å². The molecule has 0 aliphatic carbocycles. The van der Waals surface area contributed by atoms with Crippen LogP contribution < -0.4 is 5.32 Å². The number of pyridine rings is 1. The molecule has 6 nitrogen and oxygen atoms in total. The van der Waals surface area contributed by atoms with Crippen molar-refractivity contribution >= 4 is 5.91 Å². The summed E-state index contributed by atoms with van der Waals surface area (Å²) in [6.45, 7) is 1.42. The van der Waals surface area contributed by atoms with Gasteiger partial charge >= 0.3 is 0 Å². The van der Waals surface area contributed by atoms with Crippen LogP contribution in [0.5, 0.6) is 0 Å². The van der Waals surface area contributed by atoms with E-state index in [1.165, 1.54) is 12.8 Å². The fourth-order valence-corrected chi connectivity index (χ4v) is 2.75. The molecule has 0 fully saturated rings. The van der Waals surface area contributed by atoms with E-state index in [2.05, 4.69) is 25.1 Å². The number of rotatable bonds is 5. The molecule has 0 bridgehead atoms. The van der Waals surface area contributed by atoms with Gasteiger partial charge in [-0.25, -0.2) is 0 Å². The van der Waals surface area contributed by atoms with E-state index in [1.54, 1.807) is 12.4 Å². The van der Waals surface area contributed by atoms with Gasteiger partial charge in [0.1, 0.15) is 5.82 Å². The van der Waals surface area contributed by atoms with Crippen molar-refractivity contribution in [3.63, 3.8) is 0 Å². The van der Waals surface area contributed by atoms with Crippen LogP contribution in [0.25, 0.3) is 0 Å². The zero-order chi connectivity index (χ0) is 15.2. The lowest BCUT2D eigenvalue weighted by Crippen LogP contribution is -2.25. The minimum Gasteiger partial charge on any atom is -0.349 e. The van der Waals surface area contributed by atoms with E-state index in [9.17, 15) is 4.79 Å². The van der Waals surface area contributed by atoms with E-state index in [-0.39, 0.29) is 5.91 Å². The summed E-state index contributed by atoms with van der Waals surface area (Å²) < 4.78 is 2.16. The van der Waals surface area contributed by atoms with Crippen LogP contribution in [0.2, 0.25) is 0 Å². The average molecular weight is 299 g/mol. The Kier molecular flexibility index (Phi) is 4.78. The second-order valence-electron chi connectivity index (χ2n) is 5.63. The van der Waals surface area contributed by atoms with Crippen LogP contribution >= 0.6 is 0 Å². The summed E-state index contributed by atoms with van der Waals surface area (Å²) >= 11 is 0. The fraction of sp³-hybridized carbons (Fsp3) is 0.500. The molecular formula is C16H21N5O. The van der Waals surface area contributed by atoms with Crippen LogP contribution in [0.15, 0.2) is 24.5 Å². The van der Waals surface area contributed by atoms with E-state index in [0.29, 0.717) is 19.4 Å². The highest BCUT2D eigenvalue weighted by atomic mass is 16.1. The minimum absolute atomic E-state index is 0.0369. The zero-order valence-electron chi connectivity index (χ0n) is 12.7. The number of amides is 1. The molecule has 0 saturated carbocycles. The third kappa shape index (κ3) is 3.69. The van der Waals surface area contributed by atoms with Gasteiger partial charge < -0.3 is 9.88 Å². The Morgan fingerprint density at radius 2 is 2.23 bits per heavy atom. The molecule has 6 heteroatoms. The first-order valence-electron chi connectivity index (χ1n) is 7.89. The predicted molar refractivity (Wildman–Crippen MR) is 82.0 cm³/mol. The Balaban J connectivity index is 1.50. The number of carbonyl (C=O) groups is 1. The Labute approximate surface area is 130 Å². The molecule has 1 N–H and O–H groups in total. The van der Waals surface area contributed by atoms with E-state index in [4.69, 9.17) is 0 Å². The van der Waals surface area contributed by atoms with Gasteiger partial charge in [0, 0.05) is 31.8 Å². The summed E-state index contributed by atoms with van der Waals surface area (Å²) in [4.78, 5) is 16.0. The number of aryl methyl sites for hydroxylation is 2. The van der Waals surface area contributed by atoms with Crippen molar-refractivity contribution in [2.45, 2.75) is 51.6 Å². The third-order valence-corrected chi connectivity index (χ3v) is 3.99. The van der Waals surface area contributed by atoms with Crippen molar-refractivity contribution in [3.8, 4) is 0 Å². The lowest BCUT2D eigenvalue weighted by Gasteiger charge is -2.08. The van der Waals surface area contributed by atoms with Crippen LogP contribution in [0.3, 0.4) is 0 Å². The highest BCUT2D eigenvalue weighted by molar-refractivity contribution is 5.76. The lowest BCUT2D eigenvalue weighted by molar-refractivity contribution is -0.121. The molecule has 3 heterocycles. The standard InChI is InChI=1S/C16H21N5O/c22-16(8-7-13-5-4-9-17-11-13)18-12-15-20-19-14-6-2-1-3-10-21(14)15/h4-5,9,11H,1-3,6-8,10,12H2,(H,18,22). The topological polar surface area (TPSA) is 72.7 Å². The quantitative estimate of drug-likeness (QED) is 0.911. The average Bonchev–Trinajstić information content (AvgIpc) is 2.78. The Morgan fingerprint density at radius 3 is 3.09 bits per heavy atom. The van der Waals surface area contributed by atoms with Crippen molar-refractivity contribution < 1.29 is 4.79 Å². The SMILES string of the molecule is O=C(CCc1cccnc1)NCc1nnc2n1CCCCC2. The maximum Gasteiger partial charge on any atom is 0.220 e. The first kappa shape index (κ1) is 14.7. The Hall–Kier alpha value is -2.24. The number of hydrogen-bond donors (Lipinski definition) is 1. The van der Waals surface area contributed by atoms with Gasteiger partial charge in [0.15, 0.2) is 5.82 Å². The smallest absolute Gasteiger partial charge is 0.220 e. The predicted octanol–water partition coefficient (Wildman–Crippen LogP) is 1.65. The van der Waals surface area contributed by atoms with Gasteiger partial charge in [0.05, 0.1) is 6.54 Å². The van der Waals surface area contributed by atoms with E-state index in [0.717, 1.165) is 36.6 Å². The van der Waals surface area contributed by atoms with Crippen molar-refractivity contribution in [2.75, 3.05) is 0 Å². The number of fused-ring (bicyclic) bond motifs is 1. The Bertz CT molecular complexity index is 623. The summed E-state index contributed by atoms with van der Waals surface area (Å²) in [6.07, 6.45) is 9.27. The number of nitrogens with zero attached hydrogens (tertiary/aromatic N) is 4. The molecular weight excluding hydrogens is 278 g/mol. The molecule has 0 radical (unpaired) electrons. The highest BCUT2D eigenvalue weighted by Gasteiger charge is 2.14. The molecule has 0 atom stereocenters. The largest absolute Gasteiger partial charge is 0.349 e. The van der Waals surface area contributed by atoms with Crippen molar-refractivity contribution in [3.05, 3.63) is 41.7 Å². The van der Waals surface area contributed by atoms with E-state index < -0.39 is 0 Å². The van der Waals surface area contributed by atoms with Gasteiger partial charge in [-0.05, 0) is 30.9 Å². The molecule has 3 rings (SSSR count). The summed E-state index contributed by atoms with van der Waals surface area (Å²) in [5.74, 6) is 1.96. The summed E-state index contributed by atoms with van der Waals surface area (Å²) in [7, 11) is 0. The molecule has 1 aliphatic heterocycles. The van der Waals surface area contributed by atoms with E-state index in [1.807, 2.05) is 12.1 Å². The van der Waals surface area contributed by atoms with E-state index >= 15 is 0 Å². The molecule has 0 aromatic carbocycles. The van der Waals surface area contributed by atoms with Crippen LogP contribution in [0, 0.1) is 0 Å². The molecule has 0 saturated heterocycles. The number of aromatic nitrogens is 4. The molecule has 0 spiro atoms. The summed E-state index contributed by atoms with van der Waals surface area (Å²) in [5, 5.41) is 11.4. The Morgan fingerprint density at radius 1 is 1.27 bits per heavy atom. The highest BCUT2D eigenvalue weighted by Crippen LogP contribution is 2.14. The molecule has 2 aromatic rings. The molecule has 22 heavy (non-hydrogen) atoms. The van der Waals surface area contributed by atoms with Crippen LogP contribution in [-0.4, -0.2) is 25.7 Å². The molecule has 116 valence electrons. The van der Waals surface area contributed by atoms with Gasteiger partial charge in [-0.15, -0.1) is 10.2 Å². The van der Waals surface area contributed by atoms with Crippen LogP contribution in [0.4, 0.5) is 0 Å². The second-order valence-corrected chi connectivity index (χ2v) is 5.63. The molecule has 0 unspecified atom stereocenters. The normalized spacial score (nSPS) is 14.2. The van der Waals surface area contributed by atoms with Gasteiger partial charge in [0.2, 0.25) is 5.91 Å². The summed E-state index contributed by atoms with van der Waals surface area (Å²) in [6, 6.07) is 3.87. The number of hydrogen-bond acceptors (Lipinski definition) is 4. The maximum atomic E-state index is 12.0. The number of carbonyl (C=O) groups excluding carboxylic acids is 1. The molecule has 1 aliphatic rings. The first-order chi connectivity index (χ1) is 10.8. The van der Waals surface area contributed by atoms with Gasteiger partial charge in [-0.3, -0.25) is 9.78 Å². The van der Waals surface area contributed by atoms with Gasteiger partial charge in [-0.2, -0.15) is 0 Å². The second kappa shape index (κ2) is 7.15. The molecule has 2 aromatic heterocycles. The first-order valence-corrected chi connectivity index (χ1v) is 7.89. The van der Waals surface area contributed by atoms with Gasteiger partial charge in [-0.1, -0.05) is 12.5 Å². The minimum atomic E-state index is 0.0369. The third-order valence-electron chi connectivity index (χ3n) is 3.99. The molecule has 1 amide bonds. The fourth-order valence-electron chi connectivity index (χ4n) is 2.75. The van der Waals surface area contributed by atoms with Gasteiger partial charge in [0.25, 0.3) is 0 Å². The van der Waals surface area contributed by atoms with Crippen molar-refractivity contribution in [1.29, 1.82) is 0 Å². The lowest BCUT2D eigenvalue weighted by atomic mass is 10.1. The monoisotopic (exact) mass is 299 g/mol. The van der Waals surface area contributed by atoms with Crippen molar-refractivity contribution in [1.82, 2.24) is 25.1 Å².